The summed E-state index contributed by atoms with van der Waals surface area (Å²) in [6.45, 7) is 0.730. The fourth-order valence-electron chi connectivity index (χ4n) is 1.58. The van der Waals surface area contributed by atoms with E-state index < -0.39 is 5.69 Å². The van der Waals surface area contributed by atoms with Crippen LogP contribution in [-0.2, 0) is 6.42 Å². The van der Waals surface area contributed by atoms with Crippen molar-refractivity contribution in [1.82, 2.24) is 9.97 Å². The zero-order chi connectivity index (χ0) is 13.8. The topological polar surface area (TPSA) is 72.8 Å². The Hall–Kier alpha value is -1.65. The number of hydrogen-bond donors (Lipinski definition) is 1. The van der Waals surface area contributed by atoms with Gasteiger partial charge in [-0.1, -0.05) is 0 Å². The van der Waals surface area contributed by atoms with Crippen molar-refractivity contribution >= 4 is 33.1 Å². The lowest BCUT2D eigenvalue weighted by Crippen LogP contribution is -2.25. The third kappa shape index (κ3) is 3.66. The molecular weight excluding hydrogens is 328 g/mol. The number of thiophene rings is 1. The Morgan fingerprint density at radius 3 is 3.00 bits per heavy atom. The van der Waals surface area contributed by atoms with Crippen LogP contribution in [0.5, 0.6) is 0 Å². The fourth-order valence-corrected chi connectivity index (χ4v) is 3.05. The van der Waals surface area contributed by atoms with Gasteiger partial charge >= 0.3 is 5.69 Å². The van der Waals surface area contributed by atoms with Crippen LogP contribution in [0.4, 0.5) is 5.82 Å². The maximum absolute atomic E-state index is 11.3. The molecule has 98 valence electrons. The van der Waals surface area contributed by atoms with Gasteiger partial charge in [0.2, 0.25) is 0 Å². The molecule has 0 bridgehead atoms. The summed E-state index contributed by atoms with van der Waals surface area (Å²) in [6, 6.07) is 7.57. The van der Waals surface area contributed by atoms with Crippen LogP contribution in [0.2, 0.25) is 0 Å². The molecule has 7 heteroatoms. The van der Waals surface area contributed by atoms with Crippen LogP contribution in [0.3, 0.4) is 0 Å². The summed E-state index contributed by atoms with van der Waals surface area (Å²) in [5.74, 6) is 0.510. The molecule has 2 aromatic heterocycles. The predicted molar refractivity (Wildman–Crippen MR) is 78.6 cm³/mol. The Kier molecular flexibility index (Phi) is 4.35. The van der Waals surface area contributed by atoms with Crippen molar-refractivity contribution in [2.24, 2.45) is 0 Å². The molecule has 2 aromatic rings. The lowest BCUT2D eigenvalue weighted by molar-refractivity contribution is 0.855. The lowest BCUT2D eigenvalue weighted by atomic mass is 10.3. The number of nitrogens with zero attached hydrogens (tertiary/aromatic N) is 3. The van der Waals surface area contributed by atoms with E-state index in [9.17, 15) is 4.79 Å². The standard InChI is InChI=1S/C12H11BrN4OS/c1-17(5-4-9-2-3-10(13)19-9)11-6-8(7-14)15-12(18)16-11/h2-3,6H,4-5H2,1H3,(H,15,16,18). The zero-order valence-corrected chi connectivity index (χ0v) is 12.6. The Morgan fingerprint density at radius 1 is 1.58 bits per heavy atom. The number of aromatic nitrogens is 2. The van der Waals surface area contributed by atoms with Crippen molar-refractivity contribution in [3.63, 3.8) is 0 Å². The maximum atomic E-state index is 11.3. The highest BCUT2D eigenvalue weighted by atomic mass is 79.9. The monoisotopic (exact) mass is 338 g/mol. The minimum atomic E-state index is -0.500. The van der Waals surface area contributed by atoms with Crippen LogP contribution in [0.1, 0.15) is 10.6 Å². The molecule has 5 nitrogen and oxygen atoms in total. The number of nitrogens with one attached hydrogen (secondary N) is 1. The first-order valence-corrected chi connectivity index (χ1v) is 7.16. The van der Waals surface area contributed by atoms with Crippen LogP contribution in [0, 0.1) is 11.3 Å². The van der Waals surface area contributed by atoms with Crippen molar-refractivity contribution < 1.29 is 0 Å². The van der Waals surface area contributed by atoms with Crippen molar-refractivity contribution in [3.8, 4) is 6.07 Å². The normalized spacial score (nSPS) is 10.2. The van der Waals surface area contributed by atoms with Gasteiger partial charge in [0.05, 0.1) is 3.79 Å². The molecule has 0 aliphatic carbocycles. The molecule has 2 rings (SSSR count). The van der Waals surface area contributed by atoms with Crippen molar-refractivity contribution in [2.45, 2.75) is 6.42 Å². The highest BCUT2D eigenvalue weighted by molar-refractivity contribution is 9.11. The van der Waals surface area contributed by atoms with Gasteiger partial charge in [0.1, 0.15) is 17.6 Å². The van der Waals surface area contributed by atoms with Gasteiger partial charge in [0.15, 0.2) is 0 Å². The number of rotatable bonds is 4. The fraction of sp³-hybridized carbons (Fsp3) is 0.250. The van der Waals surface area contributed by atoms with Crippen LogP contribution in [-0.4, -0.2) is 23.6 Å². The van der Waals surface area contributed by atoms with Crippen LogP contribution >= 0.6 is 27.3 Å². The number of aromatic amines is 1. The highest BCUT2D eigenvalue weighted by Crippen LogP contribution is 2.22. The summed E-state index contributed by atoms with van der Waals surface area (Å²) >= 11 is 5.11. The number of hydrogen-bond acceptors (Lipinski definition) is 5. The lowest BCUT2D eigenvalue weighted by Gasteiger charge is -2.17. The minimum absolute atomic E-state index is 0.223. The molecule has 0 atom stereocenters. The van der Waals surface area contributed by atoms with E-state index in [1.807, 2.05) is 24.1 Å². The van der Waals surface area contributed by atoms with E-state index in [4.69, 9.17) is 5.26 Å². The molecule has 0 saturated heterocycles. The van der Waals surface area contributed by atoms with E-state index in [0.29, 0.717) is 5.82 Å². The van der Waals surface area contributed by atoms with Crippen LogP contribution in [0.15, 0.2) is 26.8 Å². The zero-order valence-electron chi connectivity index (χ0n) is 10.2. The summed E-state index contributed by atoms with van der Waals surface area (Å²) in [6.07, 6.45) is 0.864. The smallest absolute Gasteiger partial charge is 0.347 e. The maximum Gasteiger partial charge on any atom is 0.347 e. The first kappa shape index (κ1) is 13.8. The Bertz CT molecular complexity index is 673. The second kappa shape index (κ2) is 5.99. The summed E-state index contributed by atoms with van der Waals surface area (Å²) in [4.78, 5) is 20.6. The molecule has 19 heavy (non-hydrogen) atoms. The first-order chi connectivity index (χ1) is 9.08. The Balaban J connectivity index is 2.07. The molecular formula is C12H11BrN4OS. The quantitative estimate of drug-likeness (QED) is 0.926. The van der Waals surface area contributed by atoms with E-state index in [2.05, 4.69) is 32.0 Å². The Labute approximate surface area is 122 Å². The number of nitriles is 1. The highest BCUT2D eigenvalue weighted by Gasteiger charge is 2.07. The molecule has 0 saturated carbocycles. The summed E-state index contributed by atoms with van der Waals surface area (Å²) in [5, 5.41) is 8.81. The molecule has 0 unspecified atom stereocenters. The van der Waals surface area contributed by atoms with Gasteiger partial charge in [-0.15, -0.1) is 11.3 Å². The number of H-pyrrole nitrogens is 1. The third-order valence-corrected chi connectivity index (χ3v) is 4.25. The molecule has 0 aliphatic heterocycles. The van der Waals surface area contributed by atoms with Gasteiger partial charge in [-0.05, 0) is 34.5 Å². The molecule has 0 fully saturated rings. The van der Waals surface area contributed by atoms with Crippen molar-refractivity contribution in [1.29, 1.82) is 5.26 Å². The van der Waals surface area contributed by atoms with Gasteiger partial charge < -0.3 is 4.90 Å². The van der Waals surface area contributed by atoms with Gasteiger partial charge in [-0.2, -0.15) is 10.2 Å². The molecule has 2 heterocycles. The molecule has 0 spiro atoms. The first-order valence-electron chi connectivity index (χ1n) is 5.55. The van der Waals surface area contributed by atoms with Gasteiger partial charge in [0.25, 0.3) is 0 Å². The molecule has 0 amide bonds. The van der Waals surface area contributed by atoms with E-state index in [1.54, 1.807) is 17.4 Å². The van der Waals surface area contributed by atoms with Gasteiger partial charge in [-0.3, -0.25) is 4.98 Å². The van der Waals surface area contributed by atoms with Gasteiger partial charge in [-0.25, -0.2) is 4.79 Å². The van der Waals surface area contributed by atoms with E-state index >= 15 is 0 Å². The summed E-state index contributed by atoms with van der Waals surface area (Å²) < 4.78 is 1.10. The largest absolute Gasteiger partial charge is 0.359 e. The van der Waals surface area contributed by atoms with E-state index in [-0.39, 0.29) is 5.69 Å². The second-order valence-corrected chi connectivity index (χ2v) is 6.49. The van der Waals surface area contributed by atoms with Crippen molar-refractivity contribution in [2.75, 3.05) is 18.5 Å². The summed E-state index contributed by atoms with van der Waals surface area (Å²) in [7, 11) is 1.85. The Morgan fingerprint density at radius 2 is 2.37 bits per heavy atom. The molecule has 0 aliphatic rings. The average Bonchev–Trinajstić information content (AvgIpc) is 2.81. The molecule has 1 N–H and O–H groups in total. The number of anilines is 1. The third-order valence-electron chi connectivity index (χ3n) is 2.57. The van der Waals surface area contributed by atoms with Crippen LogP contribution < -0.4 is 10.6 Å². The SMILES string of the molecule is CN(CCc1ccc(Br)s1)c1cc(C#N)[nH]c(=O)n1. The minimum Gasteiger partial charge on any atom is -0.359 e. The van der Waals surface area contributed by atoms with Crippen LogP contribution in [0.25, 0.3) is 0 Å². The average molecular weight is 339 g/mol. The number of halogens is 1. The molecule has 0 aromatic carbocycles. The van der Waals surface area contributed by atoms with Crippen molar-refractivity contribution in [3.05, 3.63) is 43.0 Å². The second-order valence-electron chi connectivity index (χ2n) is 3.95. The predicted octanol–water partition coefficient (Wildman–Crippen LogP) is 2.14. The van der Waals surface area contributed by atoms with E-state index in [1.165, 1.54) is 4.88 Å². The summed E-state index contributed by atoms with van der Waals surface area (Å²) in [5.41, 5.74) is -0.277. The molecule has 0 radical (unpaired) electrons. The van der Waals surface area contributed by atoms with E-state index in [0.717, 1.165) is 16.8 Å². The van der Waals surface area contributed by atoms with Gasteiger partial charge in [0, 0.05) is 24.5 Å². The number of likely N-dealkylation sites (N-methyl/N-ethyl adjacent to an activating group) is 1.